The van der Waals surface area contributed by atoms with Crippen molar-refractivity contribution in [1.82, 2.24) is 39.9 Å². The monoisotopic (exact) mass is 1160 g/mol. The van der Waals surface area contributed by atoms with E-state index in [4.69, 9.17) is 35.3 Å². The highest BCUT2D eigenvalue weighted by Gasteiger charge is 2.52. The van der Waals surface area contributed by atoms with E-state index in [9.17, 15) is 24.0 Å². The lowest BCUT2D eigenvalue weighted by Gasteiger charge is -2.47. The molecule has 83 heavy (non-hydrogen) atoms. The molecule has 4 atom stereocenters. The number of benzene rings is 3. The smallest absolute Gasteiger partial charge is 0.409 e. The maximum Gasteiger partial charge on any atom is 0.409 e. The Kier molecular flexibility index (Phi) is 22.5. The Bertz CT molecular complexity index is 2740. The van der Waals surface area contributed by atoms with Crippen molar-refractivity contribution in [3.05, 3.63) is 117 Å². The van der Waals surface area contributed by atoms with Gasteiger partial charge in [0.2, 0.25) is 11.8 Å². The van der Waals surface area contributed by atoms with E-state index in [1.807, 2.05) is 52.9 Å². The van der Waals surface area contributed by atoms with Crippen molar-refractivity contribution in [3.63, 3.8) is 0 Å². The Hall–Kier alpha value is -5.92. The standard InChI is InChI=1S/C64H87ClN8O10/c1-46-11-15-48(16-12-46)44-71(61(76)59(49-8-5-4-6-9-49)50-19-21-52(65)22-20-50)36-40-81-42-43-82-41-37-73-57-26-24-54-53(23-25-56(57)67-68-73)55(54)45-83-63(78)70-31-27-64(28-32-70,62(77)66-29-33-69-34-38-80-39-35-69)72(30-7-10-58(74)79-3)60(75)51-17-13-47(2)14-18-51/h11-22,49,53-55,59H,4-10,23-45H2,1-3H3,(H,66,77). The van der Waals surface area contributed by atoms with Gasteiger partial charge in [0.1, 0.15) is 5.54 Å². The van der Waals surface area contributed by atoms with Gasteiger partial charge in [-0.25, -0.2) is 9.48 Å². The van der Waals surface area contributed by atoms with Crippen LogP contribution in [0.15, 0.2) is 72.8 Å². The molecule has 5 aliphatic rings. The number of carbonyl (C=O) groups is 5. The molecular weight excluding hydrogens is 1080 g/mol. The lowest BCUT2D eigenvalue weighted by molar-refractivity contribution is -0.141. The number of nitrogens with one attached hydrogen (secondary N) is 1. The number of hydrogen-bond donors (Lipinski definition) is 1. The third-order valence-corrected chi connectivity index (χ3v) is 18.4. The van der Waals surface area contributed by atoms with Crippen LogP contribution in [-0.2, 0) is 64.0 Å². The molecule has 0 bridgehead atoms. The summed E-state index contributed by atoms with van der Waals surface area (Å²) in [6, 6.07) is 23.5. The van der Waals surface area contributed by atoms with Crippen LogP contribution in [0.25, 0.3) is 0 Å². The molecular formula is C64H87ClN8O10. The lowest BCUT2D eigenvalue weighted by Crippen LogP contribution is -2.65. The molecule has 2 saturated carbocycles. The van der Waals surface area contributed by atoms with Gasteiger partial charge in [-0.2, -0.15) is 0 Å². The van der Waals surface area contributed by atoms with E-state index in [-0.39, 0.29) is 74.4 Å². The first-order valence-electron chi connectivity index (χ1n) is 30.5. The van der Waals surface area contributed by atoms with Crippen molar-refractivity contribution in [3.8, 4) is 0 Å². The molecule has 0 spiro atoms. The Morgan fingerprint density at radius 2 is 1.46 bits per heavy atom. The molecule has 18 nitrogen and oxygen atoms in total. The van der Waals surface area contributed by atoms with Gasteiger partial charge in [-0.3, -0.25) is 24.1 Å². The SMILES string of the molecule is COC(=O)CCCN(C(=O)c1ccc(C)cc1)C1(C(=O)NCCN2CCOCC2)CCN(C(=O)OCC2C3CCc4nnn(CCOCCOCCN(Cc5ccc(C)cc5)C(=O)C(c5ccc(Cl)cc5)C5CCCCC5)c4CCC32)CC1. The van der Waals surface area contributed by atoms with Crippen molar-refractivity contribution in [2.75, 3.05) is 106 Å². The molecule has 3 aliphatic carbocycles. The lowest BCUT2D eigenvalue weighted by atomic mass is 9.76. The Labute approximate surface area is 495 Å². The van der Waals surface area contributed by atoms with Gasteiger partial charge in [0.25, 0.3) is 5.91 Å². The van der Waals surface area contributed by atoms with Gasteiger partial charge in [0.05, 0.1) is 77.2 Å². The number of ether oxygens (including phenoxy) is 5. The number of nitrogens with zero attached hydrogens (tertiary/aromatic N) is 7. The second kappa shape index (κ2) is 30.2. The number of hydrogen-bond acceptors (Lipinski definition) is 13. The third-order valence-electron chi connectivity index (χ3n) is 18.1. The minimum Gasteiger partial charge on any atom is -0.469 e. The van der Waals surface area contributed by atoms with Crippen LogP contribution >= 0.6 is 11.6 Å². The second-order valence-corrected chi connectivity index (χ2v) is 23.9. The first-order chi connectivity index (χ1) is 40.4. The highest BCUT2D eigenvalue weighted by atomic mass is 35.5. The number of esters is 1. The molecule has 9 rings (SSSR count). The van der Waals surface area contributed by atoms with E-state index in [1.165, 1.54) is 19.1 Å². The molecule has 19 heteroatoms. The number of likely N-dealkylation sites (tertiary alicyclic amines) is 1. The number of amides is 4. The molecule has 4 unspecified atom stereocenters. The highest BCUT2D eigenvalue weighted by Crippen LogP contribution is 2.53. The van der Waals surface area contributed by atoms with Crippen LogP contribution in [0.3, 0.4) is 0 Å². The summed E-state index contributed by atoms with van der Waals surface area (Å²) in [6.07, 6.45) is 9.51. The van der Waals surface area contributed by atoms with Gasteiger partial charge in [-0.1, -0.05) is 95.7 Å². The van der Waals surface area contributed by atoms with Crippen molar-refractivity contribution in [2.45, 2.75) is 122 Å². The number of carbonyl (C=O) groups excluding carboxylic acids is 5. The summed E-state index contributed by atoms with van der Waals surface area (Å²) in [5.74, 6) is 0.344. The summed E-state index contributed by atoms with van der Waals surface area (Å²) in [5.41, 5.74) is 5.63. The number of piperidine rings is 1. The van der Waals surface area contributed by atoms with Gasteiger partial charge >= 0.3 is 12.1 Å². The molecule has 450 valence electrons. The number of methoxy groups -OCH3 is 1. The van der Waals surface area contributed by atoms with Crippen LogP contribution in [-0.4, -0.2) is 176 Å². The average molecular weight is 1160 g/mol. The minimum atomic E-state index is -1.27. The predicted octanol–water partition coefficient (Wildman–Crippen LogP) is 8.23. The Morgan fingerprint density at radius 1 is 0.783 bits per heavy atom. The van der Waals surface area contributed by atoms with E-state index in [0.29, 0.717) is 108 Å². The van der Waals surface area contributed by atoms with Crippen LogP contribution in [0.4, 0.5) is 4.79 Å². The average Bonchev–Trinajstić information content (AvgIpc) is 4.18. The summed E-state index contributed by atoms with van der Waals surface area (Å²) in [4.78, 5) is 77.4. The number of halogens is 1. The number of rotatable bonds is 26. The molecule has 0 radical (unpaired) electrons. The van der Waals surface area contributed by atoms with Gasteiger partial charge in [0.15, 0.2) is 0 Å². The zero-order valence-electron chi connectivity index (χ0n) is 49.1. The van der Waals surface area contributed by atoms with Crippen LogP contribution in [0.5, 0.6) is 0 Å². The van der Waals surface area contributed by atoms with E-state index in [1.54, 1.807) is 21.9 Å². The summed E-state index contributed by atoms with van der Waals surface area (Å²) in [5, 5.41) is 13.0. The summed E-state index contributed by atoms with van der Waals surface area (Å²) in [7, 11) is 1.34. The molecule has 3 aromatic carbocycles. The normalized spacial score (nSPS) is 20.2. The number of aromatic nitrogens is 3. The maximum absolute atomic E-state index is 14.6. The third kappa shape index (κ3) is 16.5. The minimum absolute atomic E-state index is 0.0922. The summed E-state index contributed by atoms with van der Waals surface area (Å²) in [6.45, 7) is 12.1. The number of aryl methyl sites for hydroxylation is 3. The molecule has 1 N–H and O–H groups in total. The molecule has 4 fully saturated rings. The summed E-state index contributed by atoms with van der Waals surface area (Å²) >= 11 is 6.30. The molecule has 1 aromatic heterocycles. The zero-order chi connectivity index (χ0) is 58.1. The Balaban J connectivity index is 0.731. The van der Waals surface area contributed by atoms with E-state index in [0.717, 1.165) is 92.5 Å². The second-order valence-electron chi connectivity index (χ2n) is 23.5. The van der Waals surface area contributed by atoms with E-state index < -0.39 is 17.6 Å². The van der Waals surface area contributed by atoms with Gasteiger partial charge in [-0.15, -0.1) is 5.10 Å². The van der Waals surface area contributed by atoms with Crippen molar-refractivity contribution in [2.24, 2.45) is 23.7 Å². The fourth-order valence-electron chi connectivity index (χ4n) is 13.1. The van der Waals surface area contributed by atoms with Crippen LogP contribution in [0.1, 0.15) is 121 Å². The fraction of sp³-hybridized carbons (Fsp3) is 0.609. The highest BCUT2D eigenvalue weighted by molar-refractivity contribution is 6.30. The molecule has 2 aliphatic heterocycles. The largest absolute Gasteiger partial charge is 0.469 e. The fourth-order valence-corrected chi connectivity index (χ4v) is 13.3. The summed E-state index contributed by atoms with van der Waals surface area (Å²) < 4.78 is 30.7. The van der Waals surface area contributed by atoms with E-state index >= 15 is 0 Å². The van der Waals surface area contributed by atoms with Crippen molar-refractivity contribution >= 4 is 41.4 Å². The Morgan fingerprint density at radius 3 is 2.16 bits per heavy atom. The van der Waals surface area contributed by atoms with Crippen molar-refractivity contribution < 1.29 is 47.7 Å². The molecule has 2 saturated heterocycles. The number of morpholine rings is 1. The predicted molar refractivity (Wildman–Crippen MR) is 315 cm³/mol. The van der Waals surface area contributed by atoms with Crippen LogP contribution < -0.4 is 5.32 Å². The van der Waals surface area contributed by atoms with Crippen LogP contribution in [0, 0.1) is 37.5 Å². The first kappa shape index (κ1) is 61.6. The molecule has 4 aromatic rings. The van der Waals surface area contributed by atoms with Crippen molar-refractivity contribution in [1.29, 1.82) is 0 Å². The van der Waals surface area contributed by atoms with Gasteiger partial charge in [0, 0.05) is 75.9 Å². The van der Waals surface area contributed by atoms with Gasteiger partial charge in [-0.05, 0) is 131 Å². The quantitative estimate of drug-likeness (QED) is 0.0469. The molecule has 3 heterocycles. The zero-order valence-corrected chi connectivity index (χ0v) is 49.9. The van der Waals surface area contributed by atoms with Gasteiger partial charge < -0.3 is 43.7 Å². The molecule has 4 amide bonds. The first-order valence-corrected chi connectivity index (χ1v) is 30.9. The maximum atomic E-state index is 14.6. The van der Waals surface area contributed by atoms with E-state index in [2.05, 4.69) is 51.7 Å². The van der Waals surface area contributed by atoms with Crippen LogP contribution in [0.2, 0.25) is 5.02 Å². The topological polar surface area (TPSA) is 187 Å². The number of fused-ring (bicyclic) bond motifs is 2.